The number of nitrogens with zero attached hydrogens (tertiary/aromatic N) is 2. The number of fused-ring (bicyclic) bond motifs is 1. The van der Waals surface area contributed by atoms with Gasteiger partial charge in [-0.3, -0.25) is 4.79 Å². The van der Waals surface area contributed by atoms with Crippen molar-refractivity contribution in [2.75, 3.05) is 32.0 Å². The largest absolute Gasteiger partial charge is 0.466 e. The zero-order valence-corrected chi connectivity index (χ0v) is 22.1. The molecule has 3 aromatic rings. The lowest BCUT2D eigenvalue weighted by Gasteiger charge is -2.32. The van der Waals surface area contributed by atoms with Gasteiger partial charge in [0.05, 0.1) is 18.5 Å². The molecule has 7 heteroatoms. The van der Waals surface area contributed by atoms with Crippen molar-refractivity contribution in [2.45, 2.75) is 63.3 Å². The molecule has 1 aliphatic heterocycles. The van der Waals surface area contributed by atoms with Crippen LogP contribution in [0.4, 0.5) is 8.78 Å². The van der Waals surface area contributed by atoms with E-state index in [1.54, 1.807) is 23.9 Å². The smallest absolute Gasteiger partial charge is 0.307 e. The molecule has 0 spiro atoms. The number of benzene rings is 2. The Morgan fingerprint density at radius 3 is 2.44 bits per heavy atom. The van der Waals surface area contributed by atoms with Crippen LogP contribution >= 0.6 is 11.8 Å². The SMILES string of the molecule is CCOC(=O)CCn1c(CC)c(C2CCN(CCCSc3ccc(F)cc3)CC2)c2ccc(F)cc21. The van der Waals surface area contributed by atoms with Crippen LogP contribution in [-0.4, -0.2) is 47.4 Å². The Kier molecular flexibility index (Phi) is 9.43. The maximum absolute atomic E-state index is 14.2. The number of hydrogen-bond acceptors (Lipinski definition) is 4. The summed E-state index contributed by atoms with van der Waals surface area (Å²) >= 11 is 1.78. The number of hydrogen-bond donors (Lipinski definition) is 0. The lowest BCUT2D eigenvalue weighted by molar-refractivity contribution is -0.143. The Morgan fingerprint density at radius 2 is 1.75 bits per heavy atom. The number of ether oxygens (including phenoxy) is 1. The van der Waals surface area contributed by atoms with Crippen LogP contribution in [0.1, 0.15) is 56.7 Å². The van der Waals surface area contributed by atoms with Crippen molar-refractivity contribution < 1.29 is 18.3 Å². The number of carbonyl (C=O) groups is 1. The van der Waals surface area contributed by atoms with E-state index in [4.69, 9.17) is 4.74 Å². The Hall–Kier alpha value is -2.38. The summed E-state index contributed by atoms with van der Waals surface area (Å²) in [6, 6.07) is 11.8. The van der Waals surface area contributed by atoms with Crippen LogP contribution in [0.5, 0.6) is 0 Å². The molecule has 0 atom stereocenters. The minimum absolute atomic E-state index is 0.194. The summed E-state index contributed by atoms with van der Waals surface area (Å²) in [6.45, 7) is 7.99. The number of likely N-dealkylation sites (tertiary alicyclic amines) is 1. The fourth-order valence-electron chi connectivity index (χ4n) is 5.38. The Balaban J connectivity index is 1.39. The predicted octanol–water partition coefficient (Wildman–Crippen LogP) is 6.80. The molecule has 0 amide bonds. The van der Waals surface area contributed by atoms with Gasteiger partial charge in [-0.2, -0.15) is 0 Å². The van der Waals surface area contributed by atoms with Crippen LogP contribution in [0.15, 0.2) is 47.4 Å². The minimum Gasteiger partial charge on any atom is -0.466 e. The molecule has 4 rings (SSSR count). The maximum atomic E-state index is 14.2. The van der Waals surface area contributed by atoms with Gasteiger partial charge in [-0.05, 0) is 112 Å². The van der Waals surface area contributed by atoms with E-state index in [1.165, 1.54) is 23.4 Å². The third-order valence-electron chi connectivity index (χ3n) is 7.05. The molecule has 1 aliphatic rings. The summed E-state index contributed by atoms with van der Waals surface area (Å²) in [5.41, 5.74) is 3.43. The highest BCUT2D eigenvalue weighted by molar-refractivity contribution is 7.99. The Labute approximate surface area is 217 Å². The van der Waals surface area contributed by atoms with Gasteiger partial charge in [0.25, 0.3) is 0 Å². The monoisotopic (exact) mass is 514 g/mol. The van der Waals surface area contributed by atoms with Crippen molar-refractivity contribution in [3.63, 3.8) is 0 Å². The summed E-state index contributed by atoms with van der Waals surface area (Å²) in [5, 5.41) is 1.12. The van der Waals surface area contributed by atoms with Crippen molar-refractivity contribution in [1.29, 1.82) is 0 Å². The van der Waals surface area contributed by atoms with E-state index in [-0.39, 0.29) is 24.0 Å². The highest BCUT2D eigenvalue weighted by Gasteiger charge is 2.27. The van der Waals surface area contributed by atoms with Gasteiger partial charge in [-0.25, -0.2) is 8.78 Å². The number of carbonyl (C=O) groups excluding carboxylic acids is 1. The number of aryl methyl sites for hydroxylation is 1. The lowest BCUT2D eigenvalue weighted by Crippen LogP contribution is -2.34. The molecule has 0 bridgehead atoms. The standard InChI is InChI=1S/C29H36F2N2O2S/c1-3-26-29(25-11-8-23(31)20-27(25)33(26)18-14-28(34)35-4-2)21-12-16-32(17-13-21)15-5-19-36-24-9-6-22(30)7-10-24/h6-11,20-21H,3-5,12-19H2,1-2H3. The second-order valence-corrected chi connectivity index (χ2v) is 10.5. The number of aromatic nitrogens is 1. The van der Waals surface area contributed by atoms with E-state index < -0.39 is 0 Å². The highest BCUT2D eigenvalue weighted by Crippen LogP contribution is 2.38. The number of esters is 1. The molecule has 36 heavy (non-hydrogen) atoms. The lowest BCUT2D eigenvalue weighted by atomic mass is 9.87. The van der Waals surface area contributed by atoms with Crippen molar-refractivity contribution in [2.24, 2.45) is 0 Å². The number of piperidine rings is 1. The highest BCUT2D eigenvalue weighted by atomic mass is 32.2. The van der Waals surface area contributed by atoms with E-state index in [2.05, 4.69) is 16.4 Å². The summed E-state index contributed by atoms with van der Waals surface area (Å²) < 4.78 is 34.6. The molecule has 2 aromatic carbocycles. The summed E-state index contributed by atoms with van der Waals surface area (Å²) in [7, 11) is 0. The van der Waals surface area contributed by atoms with E-state index in [0.717, 1.165) is 66.9 Å². The fraction of sp³-hybridized carbons (Fsp3) is 0.483. The number of halogens is 2. The molecule has 194 valence electrons. The van der Waals surface area contributed by atoms with Gasteiger partial charge >= 0.3 is 5.97 Å². The van der Waals surface area contributed by atoms with Gasteiger partial charge in [0.2, 0.25) is 0 Å². The average Bonchev–Trinajstić information content (AvgIpc) is 3.19. The van der Waals surface area contributed by atoms with Crippen LogP contribution < -0.4 is 0 Å². The van der Waals surface area contributed by atoms with E-state index in [9.17, 15) is 13.6 Å². The van der Waals surface area contributed by atoms with Crippen LogP contribution in [0.25, 0.3) is 10.9 Å². The minimum atomic E-state index is -0.250. The van der Waals surface area contributed by atoms with Crippen molar-refractivity contribution >= 4 is 28.6 Å². The molecule has 4 nitrogen and oxygen atoms in total. The first-order valence-electron chi connectivity index (χ1n) is 13.1. The molecule has 0 saturated carbocycles. The molecule has 2 heterocycles. The summed E-state index contributed by atoms with van der Waals surface area (Å²) in [5.74, 6) is 0.790. The third kappa shape index (κ3) is 6.48. The summed E-state index contributed by atoms with van der Waals surface area (Å²) in [6.07, 6.45) is 4.38. The normalized spacial score (nSPS) is 15.0. The molecular formula is C29H36F2N2O2S. The second-order valence-electron chi connectivity index (χ2n) is 9.35. The Morgan fingerprint density at radius 1 is 1.03 bits per heavy atom. The van der Waals surface area contributed by atoms with Gasteiger partial charge in [-0.15, -0.1) is 11.8 Å². The molecule has 0 radical (unpaired) electrons. The zero-order valence-electron chi connectivity index (χ0n) is 21.3. The fourth-order valence-corrected chi connectivity index (χ4v) is 6.22. The molecule has 1 aromatic heterocycles. The Bertz CT molecular complexity index is 1150. The van der Waals surface area contributed by atoms with Gasteiger partial charge < -0.3 is 14.2 Å². The second kappa shape index (κ2) is 12.7. The van der Waals surface area contributed by atoms with Crippen LogP contribution in [0, 0.1) is 11.6 Å². The van der Waals surface area contributed by atoms with Crippen LogP contribution in [0.3, 0.4) is 0 Å². The predicted molar refractivity (Wildman–Crippen MR) is 143 cm³/mol. The van der Waals surface area contributed by atoms with E-state index in [0.29, 0.717) is 19.1 Å². The quantitative estimate of drug-likeness (QED) is 0.160. The molecule has 0 aliphatic carbocycles. The van der Waals surface area contributed by atoms with Crippen LogP contribution in [-0.2, 0) is 22.5 Å². The molecular weight excluding hydrogens is 478 g/mol. The third-order valence-corrected chi connectivity index (χ3v) is 8.15. The van der Waals surface area contributed by atoms with Gasteiger partial charge in [-0.1, -0.05) is 6.92 Å². The van der Waals surface area contributed by atoms with E-state index >= 15 is 0 Å². The zero-order chi connectivity index (χ0) is 25.5. The first-order valence-corrected chi connectivity index (χ1v) is 14.1. The van der Waals surface area contributed by atoms with Gasteiger partial charge in [0.15, 0.2) is 0 Å². The molecule has 0 unspecified atom stereocenters. The van der Waals surface area contributed by atoms with Crippen molar-refractivity contribution in [3.8, 4) is 0 Å². The topological polar surface area (TPSA) is 34.5 Å². The van der Waals surface area contributed by atoms with Gasteiger partial charge in [0, 0.05) is 22.5 Å². The molecule has 0 N–H and O–H groups in total. The maximum Gasteiger partial charge on any atom is 0.307 e. The van der Waals surface area contributed by atoms with Crippen molar-refractivity contribution in [3.05, 3.63) is 65.4 Å². The van der Waals surface area contributed by atoms with Crippen LogP contribution in [0.2, 0.25) is 0 Å². The number of thioether (sulfide) groups is 1. The average molecular weight is 515 g/mol. The first-order chi connectivity index (χ1) is 17.5. The number of rotatable bonds is 11. The van der Waals surface area contributed by atoms with Gasteiger partial charge in [0.1, 0.15) is 11.6 Å². The first kappa shape index (κ1) is 26.7. The van der Waals surface area contributed by atoms with Crippen molar-refractivity contribution in [1.82, 2.24) is 9.47 Å². The molecule has 1 saturated heterocycles. The molecule has 1 fully saturated rings. The summed E-state index contributed by atoms with van der Waals surface area (Å²) in [4.78, 5) is 15.7. The van der Waals surface area contributed by atoms with E-state index in [1.807, 2.05) is 25.1 Å².